The second-order valence-corrected chi connectivity index (χ2v) is 3.48. The van der Waals surface area contributed by atoms with Gasteiger partial charge in [0.05, 0.1) is 18.7 Å². The number of aromatic nitrogens is 1. The Morgan fingerprint density at radius 2 is 1.94 bits per heavy atom. The van der Waals surface area contributed by atoms with Crippen molar-refractivity contribution >= 4 is 0 Å². The molecule has 3 nitrogen and oxygen atoms in total. The summed E-state index contributed by atoms with van der Waals surface area (Å²) in [6, 6.07) is 6.90. The normalized spacial score (nSPS) is 9.89. The maximum atomic E-state index is 13.3. The van der Waals surface area contributed by atoms with Crippen LogP contribution in [0.4, 0.5) is 8.78 Å². The summed E-state index contributed by atoms with van der Waals surface area (Å²) in [5.74, 6) is -1.83. The van der Waals surface area contributed by atoms with E-state index in [9.17, 15) is 8.78 Å². The van der Waals surface area contributed by atoms with Gasteiger partial charge in [0.1, 0.15) is 0 Å². The van der Waals surface area contributed by atoms with E-state index in [0.29, 0.717) is 5.56 Å². The van der Waals surface area contributed by atoms with Gasteiger partial charge in [-0.2, -0.15) is 5.26 Å². The van der Waals surface area contributed by atoms with Gasteiger partial charge in [-0.1, -0.05) is 0 Å². The second-order valence-electron chi connectivity index (χ2n) is 3.48. The van der Waals surface area contributed by atoms with E-state index in [4.69, 9.17) is 10.00 Å². The van der Waals surface area contributed by atoms with E-state index in [2.05, 4.69) is 4.98 Å². The van der Waals surface area contributed by atoms with Crippen molar-refractivity contribution in [2.24, 2.45) is 0 Å². The predicted molar refractivity (Wildman–Crippen MR) is 60.9 cm³/mol. The Labute approximate surface area is 102 Å². The highest BCUT2D eigenvalue weighted by molar-refractivity contribution is 5.74. The number of hydrogen-bond donors (Lipinski definition) is 0. The fourth-order valence-electron chi connectivity index (χ4n) is 1.62. The van der Waals surface area contributed by atoms with Crippen molar-refractivity contribution in [3.63, 3.8) is 0 Å². The van der Waals surface area contributed by atoms with Crippen molar-refractivity contribution in [1.29, 1.82) is 5.26 Å². The average molecular weight is 246 g/mol. The molecule has 0 saturated carbocycles. The minimum atomic E-state index is -1.06. The number of pyridine rings is 1. The minimum Gasteiger partial charge on any atom is -0.481 e. The molecule has 18 heavy (non-hydrogen) atoms. The molecular formula is C13H8F2N2O. The third-order valence-corrected chi connectivity index (χ3v) is 2.44. The number of methoxy groups -OCH3 is 1. The number of nitrogens with zero attached hydrogens (tertiary/aromatic N) is 2. The molecule has 1 heterocycles. The summed E-state index contributed by atoms with van der Waals surface area (Å²) in [5.41, 5.74) is 0.719. The fourth-order valence-corrected chi connectivity index (χ4v) is 1.62. The molecule has 0 spiro atoms. The molecule has 0 aliphatic carbocycles. The fraction of sp³-hybridized carbons (Fsp3) is 0.0769. The lowest BCUT2D eigenvalue weighted by Gasteiger charge is -2.09. The van der Waals surface area contributed by atoms with Crippen LogP contribution in [0, 0.1) is 23.0 Å². The monoisotopic (exact) mass is 246 g/mol. The molecule has 90 valence electrons. The Morgan fingerprint density at radius 3 is 2.61 bits per heavy atom. The Kier molecular flexibility index (Phi) is 3.20. The quantitative estimate of drug-likeness (QED) is 0.818. The highest BCUT2D eigenvalue weighted by atomic mass is 19.2. The lowest BCUT2D eigenvalue weighted by molar-refractivity contribution is 0.399. The lowest BCUT2D eigenvalue weighted by atomic mass is 10.0. The molecule has 0 amide bonds. The molecular weight excluding hydrogens is 238 g/mol. The minimum absolute atomic E-state index is 0.0280. The van der Waals surface area contributed by atoms with E-state index >= 15 is 0 Å². The first-order valence-corrected chi connectivity index (χ1v) is 5.06. The van der Waals surface area contributed by atoms with Crippen molar-refractivity contribution in [3.8, 4) is 23.1 Å². The molecule has 2 aromatic rings. The van der Waals surface area contributed by atoms with Crippen LogP contribution >= 0.6 is 0 Å². The number of rotatable bonds is 2. The molecule has 0 atom stereocenters. The van der Waals surface area contributed by atoms with Crippen molar-refractivity contribution in [1.82, 2.24) is 4.98 Å². The van der Waals surface area contributed by atoms with E-state index < -0.39 is 11.6 Å². The van der Waals surface area contributed by atoms with E-state index in [-0.39, 0.29) is 17.0 Å². The van der Waals surface area contributed by atoms with Crippen LogP contribution in [-0.2, 0) is 0 Å². The molecule has 2 rings (SSSR count). The maximum Gasteiger partial charge on any atom is 0.221 e. The predicted octanol–water partition coefficient (Wildman–Crippen LogP) is 2.91. The summed E-state index contributed by atoms with van der Waals surface area (Å²) in [6.07, 6.45) is 1.51. The maximum absolute atomic E-state index is 13.3. The van der Waals surface area contributed by atoms with Crippen LogP contribution in [0.2, 0.25) is 0 Å². The van der Waals surface area contributed by atoms with Crippen molar-refractivity contribution in [2.45, 2.75) is 0 Å². The molecule has 1 aromatic heterocycles. The third-order valence-electron chi connectivity index (χ3n) is 2.44. The first kappa shape index (κ1) is 12.0. The summed E-state index contributed by atoms with van der Waals surface area (Å²) < 4.78 is 31.4. The summed E-state index contributed by atoms with van der Waals surface area (Å²) in [5, 5.41) is 8.96. The van der Waals surface area contributed by atoms with Gasteiger partial charge >= 0.3 is 0 Å². The van der Waals surface area contributed by atoms with Crippen LogP contribution < -0.4 is 4.74 Å². The van der Waals surface area contributed by atoms with Crippen LogP contribution in [0.5, 0.6) is 5.88 Å². The van der Waals surface area contributed by atoms with Crippen LogP contribution in [0.25, 0.3) is 11.1 Å². The molecule has 0 unspecified atom stereocenters. The zero-order valence-corrected chi connectivity index (χ0v) is 9.45. The lowest BCUT2D eigenvalue weighted by Crippen LogP contribution is -1.95. The third kappa shape index (κ3) is 2.00. The molecule has 0 aliphatic heterocycles. The molecule has 0 saturated heterocycles. The van der Waals surface area contributed by atoms with Crippen LogP contribution in [0.3, 0.4) is 0 Å². The molecule has 0 N–H and O–H groups in total. The molecule has 5 heteroatoms. The SMILES string of the molecule is COc1ncccc1-c1cc(F)c(F)cc1C#N. The van der Waals surface area contributed by atoms with Crippen LogP contribution in [0.1, 0.15) is 5.56 Å². The van der Waals surface area contributed by atoms with Crippen LogP contribution in [-0.4, -0.2) is 12.1 Å². The van der Waals surface area contributed by atoms with Crippen molar-refractivity contribution in [2.75, 3.05) is 7.11 Å². The number of hydrogen-bond acceptors (Lipinski definition) is 3. The number of ether oxygens (including phenoxy) is 1. The molecule has 0 radical (unpaired) electrons. The summed E-state index contributed by atoms with van der Waals surface area (Å²) >= 11 is 0. The van der Waals surface area contributed by atoms with E-state index in [0.717, 1.165) is 12.1 Å². The Hall–Kier alpha value is -2.48. The molecule has 1 aromatic carbocycles. The summed E-state index contributed by atoms with van der Waals surface area (Å²) in [7, 11) is 1.41. The smallest absolute Gasteiger partial charge is 0.221 e. The standard InChI is InChI=1S/C13H8F2N2O/c1-18-13-9(3-2-4-17-13)10-6-12(15)11(14)5-8(10)7-16/h2-6H,1H3. The highest BCUT2D eigenvalue weighted by Gasteiger charge is 2.15. The second kappa shape index (κ2) is 4.80. The van der Waals surface area contributed by atoms with Gasteiger partial charge in [-0.3, -0.25) is 0 Å². The van der Waals surface area contributed by atoms with Gasteiger partial charge in [0.2, 0.25) is 5.88 Å². The van der Waals surface area contributed by atoms with Crippen LogP contribution in [0.15, 0.2) is 30.5 Å². The number of nitriles is 1. The number of benzene rings is 1. The van der Waals surface area contributed by atoms with Gasteiger partial charge in [0.25, 0.3) is 0 Å². The average Bonchev–Trinajstić information content (AvgIpc) is 2.41. The van der Waals surface area contributed by atoms with Crippen molar-refractivity contribution in [3.05, 3.63) is 47.7 Å². The van der Waals surface area contributed by atoms with E-state index in [1.807, 2.05) is 6.07 Å². The zero-order valence-electron chi connectivity index (χ0n) is 9.45. The van der Waals surface area contributed by atoms with Gasteiger partial charge in [0, 0.05) is 17.3 Å². The highest BCUT2D eigenvalue weighted by Crippen LogP contribution is 2.31. The summed E-state index contributed by atoms with van der Waals surface area (Å²) in [6.45, 7) is 0. The number of halogens is 2. The topological polar surface area (TPSA) is 45.9 Å². The molecule has 0 bridgehead atoms. The van der Waals surface area contributed by atoms with Gasteiger partial charge in [-0.05, 0) is 24.3 Å². The Balaban J connectivity index is 2.71. The van der Waals surface area contributed by atoms with Gasteiger partial charge < -0.3 is 4.74 Å². The van der Waals surface area contributed by atoms with Gasteiger partial charge in [-0.25, -0.2) is 13.8 Å². The van der Waals surface area contributed by atoms with E-state index in [1.165, 1.54) is 13.3 Å². The molecule has 0 fully saturated rings. The van der Waals surface area contributed by atoms with Crippen molar-refractivity contribution < 1.29 is 13.5 Å². The Bertz CT molecular complexity index is 635. The largest absolute Gasteiger partial charge is 0.481 e. The zero-order chi connectivity index (χ0) is 13.1. The summed E-state index contributed by atoms with van der Waals surface area (Å²) in [4.78, 5) is 3.95. The van der Waals surface area contributed by atoms with E-state index in [1.54, 1.807) is 12.1 Å². The van der Waals surface area contributed by atoms with Gasteiger partial charge in [-0.15, -0.1) is 0 Å². The Morgan fingerprint density at radius 1 is 1.22 bits per heavy atom. The van der Waals surface area contributed by atoms with Gasteiger partial charge in [0.15, 0.2) is 11.6 Å². The first-order chi connectivity index (χ1) is 8.67. The first-order valence-electron chi connectivity index (χ1n) is 5.06. The molecule has 0 aliphatic rings.